The molecule has 0 aliphatic carbocycles. The molecule has 1 aromatic rings. The van der Waals surface area contributed by atoms with E-state index >= 15 is 0 Å². The van der Waals surface area contributed by atoms with E-state index in [-0.39, 0.29) is 17.8 Å². The number of hydrazine groups is 1. The number of anilines is 1. The first-order valence-corrected chi connectivity index (χ1v) is 16.0. The molecule has 3 heterocycles. The van der Waals surface area contributed by atoms with Crippen molar-refractivity contribution in [3.8, 4) is 5.75 Å². The molecule has 0 spiro atoms. The Bertz CT molecular complexity index is 1050. The first kappa shape index (κ1) is 26.9. The summed E-state index contributed by atoms with van der Waals surface area (Å²) in [6, 6.07) is 5.79. The fraction of sp³-hybridized carbons (Fsp3) is 0.500. The number of nitrogens with zero attached hydrogens (tertiary/aromatic N) is 3. The Morgan fingerprint density at radius 2 is 1.97 bits per heavy atom. The van der Waals surface area contributed by atoms with Crippen molar-refractivity contribution in [2.24, 2.45) is 5.92 Å². The topological polar surface area (TPSA) is 52.9 Å². The van der Waals surface area contributed by atoms with Crippen LogP contribution in [0.1, 0.15) is 32.6 Å². The van der Waals surface area contributed by atoms with Gasteiger partial charge in [-0.1, -0.05) is 55.1 Å². The highest BCUT2D eigenvalue weighted by Gasteiger charge is 2.44. The van der Waals surface area contributed by atoms with Crippen molar-refractivity contribution in [3.63, 3.8) is 0 Å². The van der Waals surface area contributed by atoms with Crippen LogP contribution in [0, 0.1) is 5.92 Å². The Labute approximate surface area is 229 Å². The fourth-order valence-corrected chi connectivity index (χ4v) is 8.67. The van der Waals surface area contributed by atoms with Crippen molar-refractivity contribution in [3.05, 3.63) is 40.3 Å². The number of likely N-dealkylation sites (N-methyl/N-ethyl adjacent to an activating group) is 1. The van der Waals surface area contributed by atoms with Crippen molar-refractivity contribution in [2.45, 2.75) is 37.5 Å². The van der Waals surface area contributed by atoms with Gasteiger partial charge in [0.1, 0.15) is 10.8 Å². The Balaban J connectivity index is 1.52. The number of fused-ring (bicyclic) bond motifs is 1. The van der Waals surface area contributed by atoms with Crippen LogP contribution in [0.4, 0.5) is 5.69 Å². The smallest absolute Gasteiger partial charge is 0.325 e. The first-order chi connectivity index (χ1) is 16.9. The van der Waals surface area contributed by atoms with E-state index in [2.05, 4.69) is 18.4 Å². The van der Waals surface area contributed by atoms with Gasteiger partial charge in [0.2, 0.25) is 0 Å². The predicted octanol–water partition coefficient (Wildman–Crippen LogP) is 5.68. The van der Waals surface area contributed by atoms with E-state index in [9.17, 15) is 9.59 Å². The fourth-order valence-electron chi connectivity index (χ4n) is 3.87. The van der Waals surface area contributed by atoms with Gasteiger partial charge < -0.3 is 9.64 Å². The largest absolute Gasteiger partial charge is 0.426 e. The molecule has 2 fully saturated rings. The second-order valence-electron chi connectivity index (χ2n) is 8.63. The number of hydrogen-bond acceptors (Lipinski definition) is 9. The number of benzene rings is 1. The lowest BCUT2D eigenvalue weighted by atomic mass is 10.2. The van der Waals surface area contributed by atoms with Gasteiger partial charge in [0.25, 0.3) is 11.9 Å². The van der Waals surface area contributed by atoms with Gasteiger partial charge in [-0.15, -0.1) is 0 Å². The molecule has 35 heavy (non-hydrogen) atoms. The summed E-state index contributed by atoms with van der Waals surface area (Å²) in [6.07, 6.45) is 4.54. The van der Waals surface area contributed by atoms with Crippen LogP contribution < -0.4 is 9.64 Å². The highest BCUT2D eigenvalue weighted by molar-refractivity contribution is 8.06. The second kappa shape index (κ2) is 12.4. The third-order valence-corrected chi connectivity index (χ3v) is 11.0. The minimum absolute atomic E-state index is 0.0903. The molecule has 3 aliphatic rings. The molecule has 0 aromatic heterocycles. The molecule has 6 nitrogen and oxygen atoms in total. The third kappa shape index (κ3) is 6.41. The van der Waals surface area contributed by atoms with Crippen molar-refractivity contribution in [1.29, 1.82) is 0 Å². The maximum Gasteiger partial charge on any atom is 0.325 e. The number of rotatable bonds is 7. The summed E-state index contributed by atoms with van der Waals surface area (Å²) in [5.74, 6) is 3.43. The zero-order valence-corrected chi connectivity index (χ0v) is 24.1. The highest BCUT2D eigenvalue weighted by atomic mass is 32.2. The molecule has 0 radical (unpaired) electrons. The number of carbonyl (C=O) groups is 2. The summed E-state index contributed by atoms with van der Waals surface area (Å²) >= 11 is 11.6. The van der Waals surface area contributed by atoms with Crippen LogP contribution in [-0.4, -0.2) is 56.9 Å². The molecule has 11 heteroatoms. The number of unbranched alkanes of at least 4 members (excludes halogenated alkanes) is 3. The average molecular weight is 569 g/mol. The standard InChI is InChI=1S/C24H30N3O3S5/c1-4-5-6-7-10-26-19-9-8-18(30-24(29)17-14-32-12-16(2)13-33-15-17)11-20(19)34-23(26)21-22(28)25(3)27(31)35-21/h8-9,11,17H,2,4-7,10,12-15H2,1,3H3/q+1/b23-21+. The lowest BCUT2D eigenvalue weighted by Crippen LogP contribution is -2.26. The molecular weight excluding hydrogens is 539 g/mol. The maximum atomic E-state index is 12.9. The lowest BCUT2D eigenvalue weighted by molar-refractivity contribution is -0.485. The van der Waals surface area contributed by atoms with Crippen LogP contribution in [0.3, 0.4) is 0 Å². The predicted molar refractivity (Wildman–Crippen MR) is 152 cm³/mol. The number of carbonyl (C=O) groups excluding carboxylic acids is 2. The monoisotopic (exact) mass is 568 g/mol. The molecule has 2 saturated heterocycles. The van der Waals surface area contributed by atoms with Crippen LogP contribution in [0.2, 0.25) is 0 Å². The summed E-state index contributed by atoms with van der Waals surface area (Å²) in [4.78, 5) is 29.6. The molecule has 1 amide bonds. The summed E-state index contributed by atoms with van der Waals surface area (Å²) in [7, 11) is 1.69. The molecule has 0 N–H and O–H groups in total. The van der Waals surface area contributed by atoms with E-state index in [0.717, 1.165) is 58.0 Å². The molecule has 0 atom stereocenters. The summed E-state index contributed by atoms with van der Waals surface area (Å²) in [5, 5.41) is 2.36. The van der Waals surface area contributed by atoms with Crippen LogP contribution in [0.15, 0.2) is 45.2 Å². The van der Waals surface area contributed by atoms with Gasteiger partial charge in [0.05, 0.1) is 18.7 Å². The van der Waals surface area contributed by atoms with E-state index in [1.165, 1.54) is 38.8 Å². The maximum absolute atomic E-state index is 12.9. The van der Waals surface area contributed by atoms with Crippen LogP contribution in [0.25, 0.3) is 0 Å². The highest BCUT2D eigenvalue weighted by Crippen LogP contribution is 2.51. The number of esters is 1. The Morgan fingerprint density at radius 1 is 1.23 bits per heavy atom. The van der Waals surface area contributed by atoms with Crippen molar-refractivity contribution >= 4 is 77.2 Å². The summed E-state index contributed by atoms with van der Waals surface area (Å²) in [5.41, 5.74) is 2.26. The number of amides is 1. The van der Waals surface area contributed by atoms with Gasteiger partial charge in [-0.25, -0.2) is 0 Å². The number of ether oxygens (including phenoxy) is 1. The lowest BCUT2D eigenvalue weighted by Gasteiger charge is -2.21. The second-order valence-corrected chi connectivity index (χ2v) is 13.2. The normalized spacial score (nSPS) is 21.4. The van der Waals surface area contributed by atoms with Crippen molar-refractivity contribution in [2.75, 3.05) is 41.5 Å². The van der Waals surface area contributed by atoms with Crippen LogP contribution in [0.5, 0.6) is 5.75 Å². The van der Waals surface area contributed by atoms with E-state index in [1.807, 2.05) is 18.2 Å². The third-order valence-electron chi connectivity index (χ3n) is 5.81. The average Bonchev–Trinajstić information content (AvgIpc) is 3.30. The summed E-state index contributed by atoms with van der Waals surface area (Å²) < 4.78 is 7.27. The Morgan fingerprint density at radius 3 is 2.63 bits per heavy atom. The molecule has 3 aliphatic heterocycles. The summed E-state index contributed by atoms with van der Waals surface area (Å²) in [6.45, 7) is 7.09. The zero-order valence-electron chi connectivity index (χ0n) is 20.0. The van der Waals surface area contributed by atoms with Gasteiger partial charge in [0.15, 0.2) is 4.91 Å². The van der Waals surface area contributed by atoms with Gasteiger partial charge in [0, 0.05) is 37.9 Å². The molecule has 0 bridgehead atoms. The van der Waals surface area contributed by atoms with E-state index in [0.29, 0.717) is 10.7 Å². The molecule has 0 saturated carbocycles. The van der Waals surface area contributed by atoms with Crippen LogP contribution >= 0.6 is 47.2 Å². The van der Waals surface area contributed by atoms with Gasteiger partial charge in [-0.3, -0.25) is 9.59 Å². The molecular formula is C24H30N3O3S5+. The van der Waals surface area contributed by atoms with Crippen LogP contribution in [-0.2, 0) is 22.0 Å². The number of thioether (sulfide) groups is 3. The van der Waals surface area contributed by atoms with E-state index < -0.39 is 0 Å². The van der Waals surface area contributed by atoms with Gasteiger partial charge in [-0.2, -0.15) is 23.5 Å². The van der Waals surface area contributed by atoms with E-state index in [4.69, 9.17) is 17.2 Å². The van der Waals surface area contributed by atoms with Gasteiger partial charge >= 0.3 is 24.3 Å². The molecule has 4 rings (SSSR count). The minimum atomic E-state index is -0.180. The van der Waals surface area contributed by atoms with E-state index in [1.54, 1.807) is 42.3 Å². The Hall–Kier alpha value is -1.14. The molecule has 1 aromatic carbocycles. The Kier molecular flexibility index (Phi) is 9.54. The minimum Gasteiger partial charge on any atom is -0.426 e. The van der Waals surface area contributed by atoms with Crippen molar-refractivity contribution < 1.29 is 17.8 Å². The molecule has 0 unspecified atom stereocenters. The van der Waals surface area contributed by atoms with Crippen molar-refractivity contribution in [1.82, 2.24) is 5.01 Å². The van der Waals surface area contributed by atoms with Gasteiger partial charge in [-0.05, 0) is 24.6 Å². The SMILES string of the molecule is C=C1CSCC(C(=O)Oc2ccc3c(c2)S/C(=C2/S[N+](=S)N(C)C2=O)N3CCCCCC)CSC1. The quantitative estimate of drug-likeness (QED) is 0.0786. The number of hydrogen-bond donors (Lipinski definition) is 0. The zero-order chi connectivity index (χ0) is 24.9. The molecule has 188 valence electrons. The first-order valence-electron chi connectivity index (χ1n) is 11.7.